The van der Waals surface area contributed by atoms with Crippen LogP contribution in [0.1, 0.15) is 51.5 Å². The number of nitrogens with one attached hydrogen (secondary N) is 1. The minimum atomic E-state index is 0.359. The smallest absolute Gasteiger partial charge is 0.122 e. The molecule has 0 radical (unpaired) electrons. The van der Waals surface area contributed by atoms with E-state index in [1.807, 2.05) is 7.05 Å². The fraction of sp³-hybridized carbons (Fsp3) is 0.647. The quantitative estimate of drug-likeness (QED) is 0.866. The van der Waals surface area contributed by atoms with Crippen LogP contribution < -0.4 is 10.1 Å². The minimum absolute atomic E-state index is 0.359. The molecule has 19 heavy (non-hydrogen) atoms. The van der Waals surface area contributed by atoms with Crippen LogP contribution in [0, 0.1) is 5.41 Å². The summed E-state index contributed by atoms with van der Waals surface area (Å²) >= 11 is 0. The van der Waals surface area contributed by atoms with E-state index in [1.54, 1.807) is 0 Å². The van der Waals surface area contributed by atoms with Gasteiger partial charge in [-0.1, -0.05) is 32.0 Å². The molecule has 2 heteroatoms. The van der Waals surface area contributed by atoms with Crippen molar-refractivity contribution < 1.29 is 4.74 Å². The van der Waals surface area contributed by atoms with E-state index in [2.05, 4.69) is 50.4 Å². The summed E-state index contributed by atoms with van der Waals surface area (Å²) in [6, 6.07) is 9.10. The average molecular weight is 261 g/mol. The van der Waals surface area contributed by atoms with Gasteiger partial charge in [0.1, 0.15) is 5.75 Å². The number of para-hydroxylation sites is 1. The zero-order valence-corrected chi connectivity index (χ0v) is 12.7. The van der Waals surface area contributed by atoms with Gasteiger partial charge in [-0.25, -0.2) is 0 Å². The van der Waals surface area contributed by atoms with Gasteiger partial charge in [0.05, 0.1) is 6.61 Å². The molecule has 0 spiro atoms. The summed E-state index contributed by atoms with van der Waals surface area (Å²) in [4.78, 5) is 0. The van der Waals surface area contributed by atoms with Crippen LogP contribution >= 0.6 is 0 Å². The summed E-state index contributed by atoms with van der Waals surface area (Å²) < 4.78 is 5.76. The normalized spacial score (nSPS) is 20.5. The highest BCUT2D eigenvalue weighted by Gasteiger charge is 2.29. The number of fused-ring (bicyclic) bond motifs is 1. The van der Waals surface area contributed by atoms with Gasteiger partial charge in [0.2, 0.25) is 0 Å². The molecule has 1 aliphatic heterocycles. The first kappa shape index (κ1) is 14.4. The Kier molecular flexibility index (Phi) is 4.51. The molecule has 0 fully saturated rings. The Labute approximate surface area is 117 Å². The Morgan fingerprint density at radius 3 is 2.84 bits per heavy atom. The molecule has 2 nitrogen and oxygen atoms in total. The zero-order chi connectivity index (χ0) is 13.9. The van der Waals surface area contributed by atoms with Crippen LogP contribution in [-0.2, 0) is 0 Å². The van der Waals surface area contributed by atoms with E-state index >= 15 is 0 Å². The molecule has 0 bridgehead atoms. The number of benzene rings is 1. The fourth-order valence-corrected chi connectivity index (χ4v) is 3.31. The van der Waals surface area contributed by atoms with Crippen LogP contribution in [0.5, 0.6) is 5.75 Å². The fourth-order valence-electron chi connectivity index (χ4n) is 3.31. The predicted octanol–water partition coefficient (Wildman–Crippen LogP) is 3.97. The average Bonchev–Trinajstić information content (AvgIpc) is 2.38. The first-order valence-electron chi connectivity index (χ1n) is 7.41. The Hall–Kier alpha value is -1.02. The number of rotatable bonds is 5. The maximum Gasteiger partial charge on any atom is 0.122 e. The van der Waals surface area contributed by atoms with Gasteiger partial charge in [0.15, 0.2) is 0 Å². The number of ether oxygens (including phenoxy) is 1. The maximum absolute atomic E-state index is 5.76. The van der Waals surface area contributed by atoms with E-state index in [-0.39, 0.29) is 0 Å². The van der Waals surface area contributed by atoms with Gasteiger partial charge in [-0.3, -0.25) is 0 Å². The molecule has 0 amide bonds. The number of hydrogen-bond donors (Lipinski definition) is 1. The molecule has 0 saturated carbocycles. The van der Waals surface area contributed by atoms with E-state index in [4.69, 9.17) is 4.74 Å². The lowest BCUT2D eigenvalue weighted by Crippen LogP contribution is -2.30. The van der Waals surface area contributed by atoms with Crippen LogP contribution in [0.25, 0.3) is 0 Å². The third-order valence-electron chi connectivity index (χ3n) is 4.23. The van der Waals surface area contributed by atoms with Gasteiger partial charge in [0, 0.05) is 6.04 Å². The molecule has 2 unspecified atom stereocenters. The van der Waals surface area contributed by atoms with E-state index in [0.29, 0.717) is 17.4 Å². The SMILES string of the molecule is CNC(C)CC(C)(C)CC1CCOc2ccccc21. The van der Waals surface area contributed by atoms with Gasteiger partial charge in [-0.15, -0.1) is 0 Å². The van der Waals surface area contributed by atoms with Gasteiger partial charge in [-0.2, -0.15) is 0 Å². The first-order valence-corrected chi connectivity index (χ1v) is 7.41. The molecule has 0 aromatic heterocycles. The molecule has 1 heterocycles. The third kappa shape index (κ3) is 3.73. The van der Waals surface area contributed by atoms with Crippen molar-refractivity contribution in [3.05, 3.63) is 29.8 Å². The molecular weight excluding hydrogens is 234 g/mol. The molecule has 2 atom stereocenters. The monoisotopic (exact) mass is 261 g/mol. The van der Waals surface area contributed by atoms with Gasteiger partial charge < -0.3 is 10.1 Å². The predicted molar refractivity (Wildman–Crippen MR) is 80.8 cm³/mol. The van der Waals surface area contributed by atoms with Crippen molar-refractivity contribution >= 4 is 0 Å². The highest BCUT2D eigenvalue weighted by Crippen LogP contribution is 2.42. The van der Waals surface area contributed by atoms with Crippen molar-refractivity contribution in [2.75, 3.05) is 13.7 Å². The Morgan fingerprint density at radius 2 is 2.11 bits per heavy atom. The van der Waals surface area contributed by atoms with Crippen molar-refractivity contribution in [1.82, 2.24) is 5.32 Å². The standard InChI is InChI=1S/C17H27NO/c1-13(18-4)11-17(2,3)12-14-9-10-19-16-8-6-5-7-15(14)16/h5-8,13-14,18H,9-12H2,1-4H3. The number of hydrogen-bond acceptors (Lipinski definition) is 2. The van der Waals surface area contributed by atoms with Crippen LogP contribution in [-0.4, -0.2) is 19.7 Å². The van der Waals surface area contributed by atoms with E-state index in [0.717, 1.165) is 18.8 Å². The summed E-state index contributed by atoms with van der Waals surface area (Å²) in [5.41, 5.74) is 1.76. The van der Waals surface area contributed by atoms with Crippen molar-refractivity contribution in [1.29, 1.82) is 0 Å². The van der Waals surface area contributed by atoms with Crippen molar-refractivity contribution in [3.63, 3.8) is 0 Å². The van der Waals surface area contributed by atoms with Gasteiger partial charge in [0.25, 0.3) is 0 Å². The molecule has 0 aliphatic carbocycles. The van der Waals surface area contributed by atoms with Gasteiger partial charge in [-0.05, 0) is 56.2 Å². The van der Waals surface area contributed by atoms with Crippen LogP contribution in [0.3, 0.4) is 0 Å². The molecule has 2 rings (SSSR count). The van der Waals surface area contributed by atoms with Crippen LogP contribution in [0.2, 0.25) is 0 Å². The highest BCUT2D eigenvalue weighted by molar-refractivity contribution is 5.37. The molecule has 1 aromatic carbocycles. The van der Waals surface area contributed by atoms with Crippen molar-refractivity contribution in [2.24, 2.45) is 5.41 Å². The lowest BCUT2D eigenvalue weighted by atomic mass is 9.74. The Balaban J connectivity index is 2.07. The summed E-state index contributed by atoms with van der Waals surface area (Å²) in [5.74, 6) is 1.74. The summed E-state index contributed by atoms with van der Waals surface area (Å²) in [6.07, 6.45) is 3.59. The van der Waals surface area contributed by atoms with Crippen molar-refractivity contribution in [3.8, 4) is 5.75 Å². The van der Waals surface area contributed by atoms with Crippen LogP contribution in [0.4, 0.5) is 0 Å². The lowest BCUT2D eigenvalue weighted by molar-refractivity contribution is 0.207. The first-order chi connectivity index (χ1) is 9.02. The topological polar surface area (TPSA) is 21.3 Å². The second-order valence-corrected chi connectivity index (χ2v) is 6.63. The molecule has 1 aliphatic rings. The third-order valence-corrected chi connectivity index (χ3v) is 4.23. The molecule has 106 valence electrons. The van der Waals surface area contributed by atoms with Crippen molar-refractivity contribution in [2.45, 2.75) is 52.0 Å². The maximum atomic E-state index is 5.76. The zero-order valence-electron chi connectivity index (χ0n) is 12.7. The summed E-state index contributed by atoms with van der Waals surface area (Å²) in [6.45, 7) is 7.90. The molecule has 0 saturated heterocycles. The van der Waals surface area contributed by atoms with Gasteiger partial charge >= 0.3 is 0 Å². The largest absolute Gasteiger partial charge is 0.493 e. The molecule has 1 aromatic rings. The second kappa shape index (κ2) is 5.96. The molecule has 1 N–H and O–H groups in total. The molecular formula is C17H27NO. The Morgan fingerprint density at radius 1 is 1.37 bits per heavy atom. The van der Waals surface area contributed by atoms with E-state index < -0.39 is 0 Å². The van der Waals surface area contributed by atoms with Crippen LogP contribution in [0.15, 0.2) is 24.3 Å². The highest BCUT2D eigenvalue weighted by atomic mass is 16.5. The summed E-state index contributed by atoms with van der Waals surface area (Å²) in [7, 11) is 2.05. The van der Waals surface area contributed by atoms with E-state index in [1.165, 1.54) is 18.4 Å². The lowest BCUT2D eigenvalue weighted by Gasteiger charge is -2.34. The second-order valence-electron chi connectivity index (χ2n) is 6.63. The Bertz CT molecular complexity index is 413. The van der Waals surface area contributed by atoms with E-state index in [9.17, 15) is 0 Å². The summed E-state index contributed by atoms with van der Waals surface area (Å²) in [5, 5.41) is 3.35. The minimum Gasteiger partial charge on any atom is -0.493 e.